The Labute approximate surface area is 559 Å². The Morgan fingerprint density at radius 2 is 0.424 bits per heavy atom. The molecule has 3 aromatic heterocycles. The van der Waals surface area contributed by atoms with Gasteiger partial charge in [-0.2, -0.15) is 0 Å². The van der Waals surface area contributed by atoms with Gasteiger partial charge in [-0.1, -0.05) is 209 Å². The first-order valence-corrected chi connectivity index (χ1v) is 38.3. The van der Waals surface area contributed by atoms with Gasteiger partial charge in [0.05, 0.1) is 22.8 Å². The van der Waals surface area contributed by atoms with Crippen molar-refractivity contribution in [3.05, 3.63) is 119 Å². The summed E-state index contributed by atoms with van der Waals surface area (Å²) in [5.41, 5.74) is 13.8. The summed E-state index contributed by atoms with van der Waals surface area (Å²) in [6.45, 7) is 26.7. The quantitative estimate of drug-likeness (QED) is 0.0368. The number of hydrogen-bond acceptors (Lipinski definition) is 10. The molecule has 9 heterocycles. The third kappa shape index (κ3) is 18.2. The van der Waals surface area contributed by atoms with Crippen LogP contribution in [0.25, 0.3) is 46.4 Å². The van der Waals surface area contributed by atoms with Gasteiger partial charge in [-0.15, -0.1) is 0 Å². The molecule has 0 spiro atoms. The summed E-state index contributed by atoms with van der Waals surface area (Å²) in [7, 11) is 0. The lowest BCUT2D eigenvalue weighted by Gasteiger charge is -2.34. The van der Waals surface area contributed by atoms with Gasteiger partial charge in [0, 0.05) is 146 Å². The van der Waals surface area contributed by atoms with Gasteiger partial charge in [0.2, 0.25) is 0 Å². The van der Waals surface area contributed by atoms with Crippen molar-refractivity contribution >= 4 is 46.4 Å². The van der Waals surface area contributed by atoms with Crippen LogP contribution >= 0.6 is 0 Å². The maximum absolute atomic E-state index is 6.11. The first-order valence-electron chi connectivity index (χ1n) is 38.3. The lowest BCUT2D eigenvalue weighted by molar-refractivity contribution is 0.148. The minimum absolute atomic E-state index is 0.00194. The van der Waals surface area contributed by atoms with Crippen LogP contribution in [0.2, 0.25) is 0 Å². The van der Waals surface area contributed by atoms with Crippen LogP contribution < -0.4 is 0 Å². The lowest BCUT2D eigenvalue weighted by Crippen LogP contribution is -2.33. The highest BCUT2D eigenvalue weighted by molar-refractivity contribution is 5.84. The molecule has 12 nitrogen and oxygen atoms in total. The van der Waals surface area contributed by atoms with E-state index in [9.17, 15) is 0 Å². The largest absolute Gasteiger partial charge is 0.355 e. The van der Waals surface area contributed by atoms with Crippen molar-refractivity contribution in [2.24, 2.45) is 0 Å². The van der Waals surface area contributed by atoms with Crippen LogP contribution in [0.3, 0.4) is 0 Å². The Morgan fingerprint density at radius 1 is 0.239 bits per heavy atom. The van der Waals surface area contributed by atoms with Gasteiger partial charge in [0.25, 0.3) is 0 Å². The number of aromatic nitrogens is 4. The Morgan fingerprint density at radius 3 is 0.641 bits per heavy atom. The molecule has 92 heavy (non-hydrogen) atoms. The van der Waals surface area contributed by atoms with Crippen molar-refractivity contribution in [2.45, 2.75) is 286 Å². The summed E-state index contributed by atoms with van der Waals surface area (Å²) >= 11 is 0. The molecule has 0 radical (unpaired) electrons. The first kappa shape index (κ1) is 70.3. The summed E-state index contributed by atoms with van der Waals surface area (Å²) in [6.07, 6.45) is 67.8. The summed E-state index contributed by atoms with van der Waals surface area (Å²) in [5.74, 6) is 0. The molecule has 506 valence electrons. The van der Waals surface area contributed by atoms with E-state index in [1.165, 1.54) is 200 Å². The van der Waals surface area contributed by atoms with E-state index >= 15 is 0 Å². The smallest absolute Gasteiger partial charge is 0.131 e. The Balaban J connectivity index is 1.37. The highest BCUT2D eigenvalue weighted by Gasteiger charge is 2.38. The van der Waals surface area contributed by atoms with Crippen molar-refractivity contribution < 1.29 is 0 Å². The van der Waals surface area contributed by atoms with Crippen molar-refractivity contribution in [3.8, 4) is 0 Å². The van der Waals surface area contributed by atoms with Crippen molar-refractivity contribution in [1.29, 1.82) is 0 Å². The molecule has 0 unspecified atom stereocenters. The number of nitrogens with zero attached hydrogens (tertiary/aromatic N) is 10. The van der Waals surface area contributed by atoms with E-state index in [4.69, 9.17) is 9.97 Å². The molecule has 0 saturated heterocycles. The molecule has 0 saturated carbocycles. The number of nitrogens with one attached hydrogen (secondary N) is 2. The highest BCUT2D eigenvalue weighted by atomic mass is 15.4. The number of rotatable bonds is 44. The molecule has 12 heteroatoms. The van der Waals surface area contributed by atoms with Gasteiger partial charge in [-0.3, -0.25) is 0 Å². The number of hydrogen-bond donors (Lipinski definition) is 2. The summed E-state index contributed by atoms with van der Waals surface area (Å²) in [5, 5.41) is 0. The fourth-order valence-electron chi connectivity index (χ4n) is 15.2. The first-order chi connectivity index (χ1) is 45.4. The third-order valence-electron chi connectivity index (χ3n) is 20.4. The molecule has 0 amide bonds. The molecule has 6 aliphatic heterocycles. The van der Waals surface area contributed by atoms with E-state index in [0.717, 1.165) is 125 Å². The average Bonchev–Trinajstić information content (AvgIpc) is 1.60. The monoisotopic (exact) mass is 1260 g/mol. The van der Waals surface area contributed by atoms with E-state index < -0.39 is 0 Å². The zero-order valence-corrected chi connectivity index (χ0v) is 59.3. The molecular formula is C80H126N12. The zero-order valence-electron chi connectivity index (χ0n) is 59.3. The fraction of sp³-hybridized carbons (Fsp3) is 0.650. The normalized spacial score (nSPS) is 16.1. The number of fused-ring (bicyclic) bond motifs is 8. The Bertz CT molecular complexity index is 2790. The van der Waals surface area contributed by atoms with E-state index in [1.807, 2.05) is 0 Å². The molecule has 9 rings (SSSR count). The van der Waals surface area contributed by atoms with Crippen molar-refractivity contribution in [1.82, 2.24) is 59.1 Å². The molecule has 0 aromatic carbocycles. The second-order valence-corrected chi connectivity index (χ2v) is 27.7. The summed E-state index contributed by atoms with van der Waals surface area (Å²) in [4.78, 5) is 42.3. The topological polar surface area (TPSA) is 83.3 Å². The predicted molar refractivity (Wildman–Crippen MR) is 393 cm³/mol. The van der Waals surface area contributed by atoms with Crippen LogP contribution in [0.5, 0.6) is 0 Å². The molecule has 8 bridgehead atoms. The third-order valence-corrected chi connectivity index (χ3v) is 20.4. The highest BCUT2D eigenvalue weighted by Crippen LogP contribution is 2.44. The van der Waals surface area contributed by atoms with Gasteiger partial charge < -0.3 is 49.2 Å². The number of H-pyrrole nitrogens is 2. The van der Waals surface area contributed by atoms with Crippen LogP contribution in [0.1, 0.15) is 331 Å². The lowest BCUT2D eigenvalue weighted by atomic mass is 10.1. The zero-order chi connectivity index (χ0) is 64.3. The molecular weight excluding hydrogens is 1130 g/mol. The minimum atomic E-state index is -0.0488. The second-order valence-electron chi connectivity index (χ2n) is 27.7. The minimum Gasteiger partial charge on any atom is -0.355 e. The van der Waals surface area contributed by atoms with E-state index in [2.05, 4.69) is 203 Å². The maximum Gasteiger partial charge on any atom is 0.131 e. The van der Waals surface area contributed by atoms with Crippen LogP contribution in [0, 0.1) is 0 Å². The van der Waals surface area contributed by atoms with Crippen LogP contribution in [0.4, 0.5) is 0 Å². The summed E-state index contributed by atoms with van der Waals surface area (Å²) < 4.78 is 0. The Hall–Kier alpha value is -6.04. The SMILES string of the molecule is CCCCCCN1C=CN(CCCCCC)C1c1c2nc(c(C3N(CCCCCC)C=CN3CCCCCC)c3ccc([nH]3)c(C3N(CCCCCC)C=CN3CCCCCC)c3ccc([nH]3)c(C3N(CCCCCC)C=CN3CCCCCC)c3nc1C=C3)C=C2. The van der Waals surface area contributed by atoms with Gasteiger partial charge in [0.15, 0.2) is 0 Å². The Kier molecular flexibility index (Phi) is 28.8. The van der Waals surface area contributed by atoms with E-state index in [0.29, 0.717) is 0 Å². The summed E-state index contributed by atoms with van der Waals surface area (Å²) in [6, 6.07) is 9.75. The van der Waals surface area contributed by atoms with Crippen LogP contribution in [-0.4, -0.2) is 111 Å². The van der Waals surface area contributed by atoms with Gasteiger partial charge in [-0.25, -0.2) is 9.97 Å². The van der Waals surface area contributed by atoms with Gasteiger partial charge in [0.1, 0.15) is 24.7 Å². The molecule has 2 N–H and O–H groups in total. The average molecular weight is 1260 g/mol. The molecule has 0 aliphatic carbocycles. The van der Waals surface area contributed by atoms with Crippen molar-refractivity contribution in [3.63, 3.8) is 0 Å². The van der Waals surface area contributed by atoms with Crippen LogP contribution in [-0.2, 0) is 0 Å². The molecule has 6 aliphatic rings. The van der Waals surface area contributed by atoms with E-state index in [1.54, 1.807) is 0 Å². The van der Waals surface area contributed by atoms with E-state index in [-0.39, 0.29) is 24.7 Å². The van der Waals surface area contributed by atoms with Gasteiger partial charge in [-0.05, 0) is 99.9 Å². The molecule has 0 fully saturated rings. The maximum atomic E-state index is 6.11. The second kappa shape index (κ2) is 37.7. The molecule has 3 aromatic rings. The molecule has 0 atom stereocenters. The van der Waals surface area contributed by atoms with Gasteiger partial charge >= 0.3 is 0 Å². The number of aromatic amines is 2. The number of unbranched alkanes of at least 4 members (excludes halogenated alkanes) is 24. The van der Waals surface area contributed by atoms with Crippen molar-refractivity contribution in [2.75, 3.05) is 52.4 Å². The standard InChI is InChI=1S/C80H126N12/c1-9-17-25-33-49-85-57-58-86(50-34-26-18-10-2)77(85)73-65-41-43-67(81-65)74(78-87(51-35-27-19-11-3)59-60-88(78)52-36-28-20-12-4)69-45-47-71(83-69)76(80-91(55-39-31-23-15-7)63-64-92(80)56-40-32-24-16-8)72-48-46-70(84-72)75(68-44-42-66(73)82-68)79-89(53-37-29-21-13-5)61-62-90(79)54-38-30-22-14-6/h41-48,57-64,77-82H,9-40,49-56H2,1-8H3. The fourth-order valence-corrected chi connectivity index (χ4v) is 15.2. The predicted octanol–water partition coefficient (Wildman–Crippen LogP) is 21.6. The van der Waals surface area contributed by atoms with Crippen LogP contribution in [0.15, 0.2) is 73.9 Å².